The number of esters is 1. The minimum absolute atomic E-state index is 0.0234. The van der Waals surface area contributed by atoms with E-state index in [4.69, 9.17) is 9.15 Å². The van der Waals surface area contributed by atoms with Crippen LogP contribution >= 0.6 is 22.7 Å². The number of ether oxygens (including phenoxy) is 1. The second kappa shape index (κ2) is 8.64. The van der Waals surface area contributed by atoms with Crippen molar-refractivity contribution in [3.05, 3.63) is 44.1 Å². The van der Waals surface area contributed by atoms with E-state index < -0.39 is 24.2 Å². The highest BCUT2D eigenvalue weighted by Gasteiger charge is 2.23. The number of anilines is 1. The van der Waals surface area contributed by atoms with E-state index in [9.17, 15) is 19.6 Å². The molecular formula is C19H16N4O5S2. The van der Waals surface area contributed by atoms with Crippen molar-refractivity contribution in [1.82, 2.24) is 9.78 Å². The van der Waals surface area contributed by atoms with Crippen molar-refractivity contribution < 1.29 is 18.7 Å². The molecule has 0 aliphatic heterocycles. The highest BCUT2D eigenvalue weighted by molar-refractivity contribution is 7.16. The SMILES string of the molecule is N#Cc1c(NC(=O)COC(=O)CCn2nc(-c3cccs3)oc2=O)sc2c1CCC2. The number of hydrogen-bond donors (Lipinski definition) is 1. The van der Waals surface area contributed by atoms with E-state index in [0.717, 1.165) is 34.4 Å². The van der Waals surface area contributed by atoms with Crippen molar-refractivity contribution >= 4 is 39.6 Å². The normalized spacial score (nSPS) is 12.4. The summed E-state index contributed by atoms with van der Waals surface area (Å²) in [6, 6.07) is 5.72. The fourth-order valence-corrected chi connectivity index (χ4v) is 5.04. The third-order valence-corrected chi connectivity index (χ3v) is 6.58. The minimum atomic E-state index is -0.668. The van der Waals surface area contributed by atoms with Crippen LogP contribution in [0.15, 0.2) is 26.7 Å². The van der Waals surface area contributed by atoms with Crippen molar-refractivity contribution in [3.8, 4) is 16.8 Å². The van der Waals surface area contributed by atoms with Gasteiger partial charge in [-0.3, -0.25) is 9.59 Å². The molecule has 3 aromatic rings. The van der Waals surface area contributed by atoms with Crippen molar-refractivity contribution in [3.63, 3.8) is 0 Å². The third kappa shape index (κ3) is 4.19. The minimum Gasteiger partial charge on any atom is -0.456 e. The summed E-state index contributed by atoms with van der Waals surface area (Å²) in [5.74, 6) is -1.64. The van der Waals surface area contributed by atoms with Gasteiger partial charge in [0.25, 0.3) is 11.8 Å². The second-order valence-electron chi connectivity index (χ2n) is 6.51. The zero-order valence-electron chi connectivity index (χ0n) is 15.7. The molecule has 0 saturated heterocycles. The molecule has 30 heavy (non-hydrogen) atoms. The first-order valence-corrected chi connectivity index (χ1v) is 10.9. The molecule has 3 heterocycles. The van der Waals surface area contributed by atoms with Crippen LogP contribution in [-0.4, -0.2) is 28.3 Å². The zero-order chi connectivity index (χ0) is 21.1. The van der Waals surface area contributed by atoms with E-state index in [1.165, 1.54) is 22.7 Å². The lowest BCUT2D eigenvalue weighted by Gasteiger charge is -2.06. The molecule has 0 spiro atoms. The van der Waals surface area contributed by atoms with Crippen LogP contribution in [0.4, 0.5) is 5.00 Å². The maximum absolute atomic E-state index is 12.1. The Morgan fingerprint density at radius 3 is 3.03 bits per heavy atom. The maximum Gasteiger partial charge on any atom is 0.437 e. The third-order valence-electron chi connectivity index (χ3n) is 4.52. The Kier molecular flexibility index (Phi) is 5.78. The molecule has 3 aromatic heterocycles. The largest absolute Gasteiger partial charge is 0.456 e. The van der Waals surface area contributed by atoms with Gasteiger partial charge in [0, 0.05) is 4.88 Å². The van der Waals surface area contributed by atoms with Crippen molar-refractivity contribution in [2.24, 2.45) is 0 Å². The Morgan fingerprint density at radius 1 is 1.40 bits per heavy atom. The van der Waals surface area contributed by atoms with Gasteiger partial charge < -0.3 is 14.5 Å². The van der Waals surface area contributed by atoms with Crippen molar-refractivity contribution in [2.75, 3.05) is 11.9 Å². The van der Waals surface area contributed by atoms with Gasteiger partial charge in [-0.05, 0) is 36.3 Å². The van der Waals surface area contributed by atoms with Crippen LogP contribution in [0.2, 0.25) is 0 Å². The maximum atomic E-state index is 12.1. The molecule has 0 bridgehead atoms. The first kappa shape index (κ1) is 20.1. The van der Waals surface area contributed by atoms with Gasteiger partial charge in [-0.2, -0.15) is 9.94 Å². The van der Waals surface area contributed by atoms with E-state index in [2.05, 4.69) is 16.5 Å². The first-order chi connectivity index (χ1) is 14.5. The van der Waals surface area contributed by atoms with Crippen molar-refractivity contribution in [2.45, 2.75) is 32.2 Å². The number of amides is 1. The lowest BCUT2D eigenvalue weighted by Crippen LogP contribution is -2.23. The molecule has 1 N–H and O–H groups in total. The molecule has 0 radical (unpaired) electrons. The van der Waals surface area contributed by atoms with Crippen LogP contribution in [-0.2, 0) is 33.7 Å². The van der Waals surface area contributed by atoms with E-state index in [0.29, 0.717) is 15.4 Å². The van der Waals surface area contributed by atoms with E-state index in [1.54, 1.807) is 6.07 Å². The molecule has 9 nitrogen and oxygen atoms in total. The fraction of sp³-hybridized carbons (Fsp3) is 0.316. The molecular weight excluding hydrogens is 428 g/mol. The summed E-state index contributed by atoms with van der Waals surface area (Å²) in [6.45, 7) is -0.495. The van der Waals surface area contributed by atoms with Gasteiger partial charge in [-0.15, -0.1) is 27.8 Å². The summed E-state index contributed by atoms with van der Waals surface area (Å²) in [7, 11) is 0. The average Bonchev–Trinajstić information content (AvgIpc) is 3.49. The molecule has 0 atom stereocenters. The molecule has 1 amide bonds. The van der Waals surface area contributed by atoms with E-state index in [-0.39, 0.29) is 18.9 Å². The second-order valence-corrected chi connectivity index (χ2v) is 8.56. The summed E-state index contributed by atoms with van der Waals surface area (Å²) in [5.41, 5.74) is 1.51. The van der Waals surface area contributed by atoms with E-state index in [1.807, 2.05) is 11.4 Å². The summed E-state index contributed by atoms with van der Waals surface area (Å²) < 4.78 is 11.1. The molecule has 1 aliphatic carbocycles. The van der Waals surface area contributed by atoms with Crippen LogP contribution < -0.4 is 11.1 Å². The number of aromatic nitrogens is 2. The van der Waals surface area contributed by atoms with Gasteiger partial charge in [-0.25, -0.2) is 4.79 Å². The number of fused-ring (bicyclic) bond motifs is 1. The number of nitriles is 1. The predicted molar refractivity (Wildman–Crippen MR) is 109 cm³/mol. The number of hydrogen-bond acceptors (Lipinski definition) is 9. The van der Waals surface area contributed by atoms with Gasteiger partial charge in [0.15, 0.2) is 6.61 Å². The number of aryl methyl sites for hydroxylation is 2. The van der Waals surface area contributed by atoms with Crippen LogP contribution in [0, 0.1) is 11.3 Å². The van der Waals surface area contributed by atoms with Gasteiger partial charge in [-0.1, -0.05) is 6.07 Å². The average molecular weight is 444 g/mol. The van der Waals surface area contributed by atoms with Crippen molar-refractivity contribution in [1.29, 1.82) is 5.26 Å². The van der Waals surface area contributed by atoms with Crippen LogP contribution in [0.3, 0.4) is 0 Å². The summed E-state index contributed by atoms with van der Waals surface area (Å²) in [5, 5.41) is 18.4. The standard InChI is InChI=1S/C19H16N4O5S2/c20-9-12-11-3-1-4-13(11)30-18(12)21-15(24)10-27-16(25)6-7-23-19(26)28-17(22-23)14-5-2-8-29-14/h2,5,8H,1,3-4,6-7,10H2,(H,21,24). The number of nitrogens with zero attached hydrogens (tertiary/aromatic N) is 3. The van der Waals surface area contributed by atoms with E-state index >= 15 is 0 Å². The Labute approximate surface area is 178 Å². The lowest BCUT2D eigenvalue weighted by molar-refractivity contribution is -0.147. The number of thiophene rings is 2. The van der Waals surface area contributed by atoms with Gasteiger partial charge in [0.05, 0.1) is 23.4 Å². The Bertz CT molecular complexity index is 1180. The summed E-state index contributed by atoms with van der Waals surface area (Å²) >= 11 is 2.78. The highest BCUT2D eigenvalue weighted by Crippen LogP contribution is 2.38. The summed E-state index contributed by atoms with van der Waals surface area (Å²) in [4.78, 5) is 37.7. The number of rotatable bonds is 7. The smallest absolute Gasteiger partial charge is 0.437 e. The van der Waals surface area contributed by atoms with Gasteiger partial charge >= 0.3 is 11.7 Å². The highest BCUT2D eigenvalue weighted by atomic mass is 32.1. The summed E-state index contributed by atoms with van der Waals surface area (Å²) in [6.07, 6.45) is 2.63. The first-order valence-electron chi connectivity index (χ1n) is 9.17. The molecule has 11 heteroatoms. The fourth-order valence-electron chi connectivity index (χ4n) is 3.14. The molecule has 0 fully saturated rings. The Hall–Kier alpha value is -3.23. The Morgan fingerprint density at radius 2 is 2.27 bits per heavy atom. The molecule has 154 valence electrons. The Balaban J connectivity index is 1.27. The predicted octanol–water partition coefficient (Wildman–Crippen LogP) is 2.56. The van der Waals surface area contributed by atoms with Crippen LogP contribution in [0.1, 0.15) is 28.8 Å². The van der Waals surface area contributed by atoms with Crippen LogP contribution in [0.5, 0.6) is 0 Å². The molecule has 0 unspecified atom stereocenters. The molecule has 0 saturated carbocycles. The lowest BCUT2D eigenvalue weighted by atomic mass is 10.1. The number of nitrogens with one attached hydrogen (secondary N) is 1. The molecule has 4 rings (SSSR count). The quantitative estimate of drug-likeness (QED) is 0.555. The molecule has 1 aliphatic rings. The van der Waals surface area contributed by atoms with Gasteiger partial charge in [0.1, 0.15) is 11.1 Å². The zero-order valence-corrected chi connectivity index (χ0v) is 17.3. The van der Waals surface area contributed by atoms with Gasteiger partial charge in [0.2, 0.25) is 0 Å². The number of carbonyl (C=O) groups excluding carboxylic acids is 2. The van der Waals surface area contributed by atoms with Crippen LogP contribution in [0.25, 0.3) is 10.8 Å². The monoisotopic (exact) mass is 444 g/mol. The topological polar surface area (TPSA) is 127 Å². The number of carbonyl (C=O) groups is 2. The molecule has 0 aromatic carbocycles.